The van der Waals surface area contributed by atoms with Gasteiger partial charge in [0.1, 0.15) is 17.4 Å². The predicted molar refractivity (Wildman–Crippen MR) is 127 cm³/mol. The fourth-order valence-electron chi connectivity index (χ4n) is 5.26. The van der Waals surface area contributed by atoms with Crippen LogP contribution in [0.25, 0.3) is 22.5 Å². The van der Waals surface area contributed by atoms with Gasteiger partial charge in [-0.2, -0.15) is 0 Å². The number of hydrogen-bond acceptors (Lipinski definition) is 4. The first kappa shape index (κ1) is 20.0. The standard InChI is InChI=1S/C27H25FN4O/c1-33-23-7-8-24-20(16-23)12-15-31(24)17-22-6-9-25-30-26(18-2-4-21(28)5-3-18)27(32(22)25)19-10-13-29-14-11-19/h2-5,7-8,10-11,13-14,16,22H,6,9,12,15,17H2,1H3/t22-/m0/s1. The summed E-state index contributed by atoms with van der Waals surface area (Å²) >= 11 is 0. The second-order valence-electron chi connectivity index (χ2n) is 8.72. The molecule has 166 valence electrons. The van der Waals surface area contributed by atoms with E-state index in [4.69, 9.17) is 9.72 Å². The van der Waals surface area contributed by atoms with E-state index in [0.717, 1.165) is 66.4 Å². The molecule has 33 heavy (non-hydrogen) atoms. The SMILES string of the molecule is COc1ccc2c(c1)CCN2C[C@@H]1CCc2nc(-c3ccc(F)cc3)c(-c3ccncc3)n21. The Kier molecular flexibility index (Phi) is 4.86. The summed E-state index contributed by atoms with van der Waals surface area (Å²) in [5, 5.41) is 0. The number of methoxy groups -OCH3 is 1. The Morgan fingerprint density at radius 1 is 1.00 bits per heavy atom. The highest BCUT2D eigenvalue weighted by atomic mass is 19.1. The van der Waals surface area contributed by atoms with Gasteiger partial charge in [-0.1, -0.05) is 0 Å². The number of imidazole rings is 1. The molecule has 5 nitrogen and oxygen atoms in total. The molecule has 0 amide bonds. The smallest absolute Gasteiger partial charge is 0.123 e. The van der Waals surface area contributed by atoms with Gasteiger partial charge < -0.3 is 14.2 Å². The van der Waals surface area contributed by atoms with Crippen molar-refractivity contribution < 1.29 is 9.13 Å². The van der Waals surface area contributed by atoms with Crippen LogP contribution in [0, 0.1) is 5.82 Å². The first-order chi connectivity index (χ1) is 16.2. The van der Waals surface area contributed by atoms with E-state index < -0.39 is 0 Å². The Bertz CT molecular complexity index is 1300. The minimum atomic E-state index is -0.238. The zero-order valence-corrected chi connectivity index (χ0v) is 18.5. The van der Waals surface area contributed by atoms with Crippen molar-refractivity contribution in [2.24, 2.45) is 0 Å². The molecule has 0 N–H and O–H groups in total. The number of hydrogen-bond donors (Lipinski definition) is 0. The molecule has 2 aromatic carbocycles. The van der Waals surface area contributed by atoms with E-state index >= 15 is 0 Å². The Balaban J connectivity index is 1.40. The highest BCUT2D eigenvalue weighted by Crippen LogP contribution is 2.41. The van der Waals surface area contributed by atoms with E-state index in [1.165, 1.54) is 23.4 Å². The first-order valence-corrected chi connectivity index (χ1v) is 11.4. The van der Waals surface area contributed by atoms with E-state index in [0.29, 0.717) is 6.04 Å². The lowest BCUT2D eigenvalue weighted by Gasteiger charge is -2.26. The Morgan fingerprint density at radius 2 is 1.82 bits per heavy atom. The molecule has 0 bridgehead atoms. The van der Waals surface area contributed by atoms with Gasteiger partial charge in [-0.15, -0.1) is 0 Å². The summed E-state index contributed by atoms with van der Waals surface area (Å²) < 4.78 is 21.4. The molecule has 4 heterocycles. The van der Waals surface area contributed by atoms with E-state index in [2.05, 4.69) is 26.6 Å². The lowest BCUT2D eigenvalue weighted by molar-refractivity contribution is 0.414. The number of nitrogens with zero attached hydrogens (tertiary/aromatic N) is 4. The van der Waals surface area contributed by atoms with E-state index in [1.807, 2.05) is 42.7 Å². The molecule has 6 rings (SSSR count). The van der Waals surface area contributed by atoms with Gasteiger partial charge in [-0.05, 0) is 73.0 Å². The van der Waals surface area contributed by atoms with Gasteiger partial charge in [0, 0.05) is 48.7 Å². The van der Waals surface area contributed by atoms with Crippen LogP contribution in [-0.2, 0) is 12.8 Å². The van der Waals surface area contributed by atoms with Gasteiger partial charge in [0.2, 0.25) is 0 Å². The summed E-state index contributed by atoms with van der Waals surface area (Å²) in [5.41, 5.74) is 6.67. The average Bonchev–Trinajstić information content (AvgIpc) is 3.54. The second-order valence-corrected chi connectivity index (χ2v) is 8.72. The van der Waals surface area contributed by atoms with Crippen LogP contribution < -0.4 is 9.64 Å². The van der Waals surface area contributed by atoms with Gasteiger partial charge in [0.25, 0.3) is 0 Å². The third-order valence-electron chi connectivity index (χ3n) is 6.83. The quantitative estimate of drug-likeness (QED) is 0.422. The molecule has 0 aliphatic carbocycles. The topological polar surface area (TPSA) is 43.2 Å². The summed E-state index contributed by atoms with van der Waals surface area (Å²) in [6.07, 6.45) is 6.67. The molecule has 0 unspecified atom stereocenters. The molecule has 0 saturated heterocycles. The maximum atomic E-state index is 13.6. The summed E-state index contributed by atoms with van der Waals surface area (Å²) in [4.78, 5) is 11.7. The van der Waals surface area contributed by atoms with Crippen molar-refractivity contribution in [1.29, 1.82) is 0 Å². The Morgan fingerprint density at radius 3 is 2.61 bits per heavy atom. The van der Waals surface area contributed by atoms with Crippen molar-refractivity contribution in [2.75, 3.05) is 25.1 Å². The lowest BCUT2D eigenvalue weighted by atomic mass is 10.0. The van der Waals surface area contributed by atoms with Gasteiger partial charge in [-0.3, -0.25) is 4.98 Å². The van der Waals surface area contributed by atoms with Crippen LogP contribution in [0.1, 0.15) is 23.9 Å². The van der Waals surface area contributed by atoms with Crippen LogP contribution in [-0.4, -0.2) is 34.7 Å². The predicted octanol–water partition coefficient (Wildman–Crippen LogP) is 5.31. The van der Waals surface area contributed by atoms with Gasteiger partial charge in [-0.25, -0.2) is 9.37 Å². The maximum absolute atomic E-state index is 13.6. The van der Waals surface area contributed by atoms with Crippen LogP contribution in [0.3, 0.4) is 0 Å². The molecular formula is C27H25FN4O. The normalized spacial score (nSPS) is 16.7. The Hall–Kier alpha value is -3.67. The van der Waals surface area contributed by atoms with Crippen LogP contribution >= 0.6 is 0 Å². The number of aromatic nitrogens is 3. The molecule has 2 aliphatic rings. The lowest BCUT2D eigenvalue weighted by Crippen LogP contribution is -2.28. The molecule has 0 radical (unpaired) electrons. The van der Waals surface area contributed by atoms with Gasteiger partial charge in [0.05, 0.1) is 24.5 Å². The number of aryl methyl sites for hydroxylation is 1. The molecule has 2 aromatic heterocycles. The number of pyridine rings is 1. The average molecular weight is 441 g/mol. The number of ether oxygens (including phenoxy) is 1. The van der Waals surface area contributed by atoms with Crippen molar-refractivity contribution in [3.63, 3.8) is 0 Å². The number of halogens is 1. The zero-order chi connectivity index (χ0) is 22.4. The van der Waals surface area contributed by atoms with Crippen LogP contribution in [0.4, 0.5) is 10.1 Å². The van der Waals surface area contributed by atoms with Crippen molar-refractivity contribution in [1.82, 2.24) is 14.5 Å². The third kappa shape index (κ3) is 3.46. The first-order valence-electron chi connectivity index (χ1n) is 11.4. The van der Waals surface area contributed by atoms with Crippen molar-refractivity contribution in [3.8, 4) is 28.3 Å². The highest BCUT2D eigenvalue weighted by molar-refractivity contribution is 5.79. The van der Waals surface area contributed by atoms with Crippen molar-refractivity contribution >= 4 is 5.69 Å². The Labute approximate surface area is 192 Å². The summed E-state index contributed by atoms with van der Waals surface area (Å²) in [6, 6.07) is 17.4. The van der Waals surface area contributed by atoms with Crippen LogP contribution in [0.2, 0.25) is 0 Å². The van der Waals surface area contributed by atoms with Gasteiger partial charge >= 0.3 is 0 Å². The fraction of sp³-hybridized carbons (Fsp3) is 0.259. The van der Waals surface area contributed by atoms with Crippen molar-refractivity contribution in [3.05, 3.63) is 84.2 Å². The highest BCUT2D eigenvalue weighted by Gasteiger charge is 2.32. The zero-order valence-electron chi connectivity index (χ0n) is 18.5. The number of benzene rings is 2. The maximum Gasteiger partial charge on any atom is 0.123 e. The molecule has 6 heteroatoms. The largest absolute Gasteiger partial charge is 0.497 e. The van der Waals surface area contributed by atoms with E-state index in [9.17, 15) is 4.39 Å². The van der Waals surface area contributed by atoms with E-state index in [1.54, 1.807) is 7.11 Å². The summed E-state index contributed by atoms with van der Waals surface area (Å²) in [5.74, 6) is 1.77. The molecule has 4 aromatic rings. The monoisotopic (exact) mass is 440 g/mol. The summed E-state index contributed by atoms with van der Waals surface area (Å²) in [7, 11) is 1.72. The van der Waals surface area contributed by atoms with E-state index in [-0.39, 0.29) is 5.82 Å². The molecule has 0 fully saturated rings. The number of fused-ring (bicyclic) bond motifs is 2. The minimum Gasteiger partial charge on any atom is -0.497 e. The van der Waals surface area contributed by atoms with Crippen LogP contribution in [0.15, 0.2) is 67.0 Å². The number of rotatable bonds is 5. The fourth-order valence-corrected chi connectivity index (χ4v) is 5.26. The van der Waals surface area contributed by atoms with Crippen LogP contribution in [0.5, 0.6) is 5.75 Å². The second kappa shape index (κ2) is 8.03. The third-order valence-corrected chi connectivity index (χ3v) is 6.83. The summed E-state index contributed by atoms with van der Waals surface area (Å²) in [6.45, 7) is 1.95. The molecular weight excluding hydrogens is 415 g/mol. The molecule has 1 atom stereocenters. The molecule has 0 saturated carbocycles. The van der Waals surface area contributed by atoms with Gasteiger partial charge in [0.15, 0.2) is 0 Å². The molecule has 2 aliphatic heterocycles. The van der Waals surface area contributed by atoms with Crippen molar-refractivity contribution in [2.45, 2.75) is 25.3 Å². The molecule has 0 spiro atoms. The number of anilines is 1. The minimum absolute atomic E-state index is 0.238.